The Bertz CT molecular complexity index is 1590. The number of aliphatic hydroxyl groups is 5. The molecule has 0 spiro atoms. The Hall–Kier alpha value is -3.41. The van der Waals surface area contributed by atoms with Gasteiger partial charge in [-0.1, -0.05) is 257 Å². The molecule has 6 N–H and O–H groups in total. The zero-order valence-electron chi connectivity index (χ0n) is 47.5. The largest absolute Gasteiger partial charge is 0.394 e. The third kappa shape index (κ3) is 43.3. The Morgan fingerprint density at radius 1 is 0.467 bits per heavy atom. The van der Waals surface area contributed by atoms with E-state index in [0.29, 0.717) is 12.8 Å². The summed E-state index contributed by atoms with van der Waals surface area (Å²) in [6.07, 6.45) is 73.9. The van der Waals surface area contributed by atoms with Crippen molar-refractivity contribution in [1.82, 2.24) is 5.32 Å². The molecule has 0 aliphatic carbocycles. The van der Waals surface area contributed by atoms with E-state index < -0.39 is 49.5 Å². The number of hydrogen-bond acceptors (Lipinski definition) is 8. The maximum absolute atomic E-state index is 13.0. The normalized spacial score (nSPS) is 19.8. The van der Waals surface area contributed by atoms with Crippen LogP contribution in [-0.4, -0.2) is 87.5 Å². The van der Waals surface area contributed by atoms with E-state index >= 15 is 0 Å². The molecule has 428 valence electrons. The molecule has 0 bridgehead atoms. The van der Waals surface area contributed by atoms with Gasteiger partial charge in [0, 0.05) is 6.42 Å². The first-order chi connectivity index (χ1) is 36.8. The van der Waals surface area contributed by atoms with Crippen molar-refractivity contribution >= 4 is 5.91 Å². The first kappa shape index (κ1) is 69.6. The Morgan fingerprint density at radius 2 is 0.827 bits per heavy atom. The van der Waals surface area contributed by atoms with Gasteiger partial charge in [0.1, 0.15) is 24.4 Å². The van der Waals surface area contributed by atoms with E-state index in [4.69, 9.17) is 9.47 Å². The summed E-state index contributed by atoms with van der Waals surface area (Å²) in [5.41, 5.74) is 0. The van der Waals surface area contributed by atoms with Crippen LogP contribution in [-0.2, 0) is 14.3 Å². The number of carbonyl (C=O) groups excluding carboxylic acids is 1. The van der Waals surface area contributed by atoms with Gasteiger partial charge in [-0.2, -0.15) is 0 Å². The molecule has 1 heterocycles. The second-order valence-electron chi connectivity index (χ2n) is 20.4. The molecule has 0 aromatic carbocycles. The van der Waals surface area contributed by atoms with Gasteiger partial charge in [-0.05, 0) is 89.9 Å². The van der Waals surface area contributed by atoms with E-state index in [2.05, 4.69) is 141 Å². The van der Waals surface area contributed by atoms with Crippen LogP contribution in [0.5, 0.6) is 0 Å². The van der Waals surface area contributed by atoms with Crippen LogP contribution < -0.4 is 5.32 Å². The fraction of sp³-hybridized carbons (Fsp3) is 0.682. The highest BCUT2D eigenvalue weighted by Gasteiger charge is 2.44. The van der Waals surface area contributed by atoms with Gasteiger partial charge in [0.05, 0.1) is 25.4 Å². The molecular formula is C66H111NO8. The highest BCUT2D eigenvalue weighted by Crippen LogP contribution is 2.23. The Balaban J connectivity index is 2.10. The molecule has 75 heavy (non-hydrogen) atoms. The van der Waals surface area contributed by atoms with E-state index in [1.165, 1.54) is 96.3 Å². The molecule has 1 rings (SSSR count). The molecule has 9 nitrogen and oxygen atoms in total. The van der Waals surface area contributed by atoms with Gasteiger partial charge in [-0.3, -0.25) is 4.79 Å². The van der Waals surface area contributed by atoms with Crippen molar-refractivity contribution in [2.45, 2.75) is 275 Å². The number of ether oxygens (including phenoxy) is 2. The number of unbranched alkanes of at least 4 members (excludes halogenated alkanes) is 20. The van der Waals surface area contributed by atoms with Crippen LogP contribution in [0.4, 0.5) is 0 Å². The highest BCUT2D eigenvalue weighted by atomic mass is 16.7. The maximum atomic E-state index is 13.0. The smallest absolute Gasteiger partial charge is 0.220 e. The molecule has 1 saturated heterocycles. The van der Waals surface area contributed by atoms with E-state index in [9.17, 15) is 30.3 Å². The van der Waals surface area contributed by atoms with Crippen molar-refractivity contribution in [3.05, 3.63) is 122 Å². The van der Waals surface area contributed by atoms with Crippen molar-refractivity contribution in [2.75, 3.05) is 13.2 Å². The van der Waals surface area contributed by atoms with Crippen LogP contribution in [0.25, 0.3) is 0 Å². The van der Waals surface area contributed by atoms with Gasteiger partial charge >= 0.3 is 0 Å². The molecule has 0 saturated carbocycles. The minimum atomic E-state index is -1.56. The van der Waals surface area contributed by atoms with Crippen molar-refractivity contribution < 1.29 is 39.8 Å². The number of amides is 1. The Kier molecular flexibility index (Phi) is 50.1. The monoisotopic (exact) mass is 1050 g/mol. The number of nitrogens with one attached hydrogen (secondary N) is 1. The number of aliphatic hydroxyl groups excluding tert-OH is 5. The molecule has 7 unspecified atom stereocenters. The maximum Gasteiger partial charge on any atom is 0.220 e. The number of hydrogen-bond donors (Lipinski definition) is 6. The highest BCUT2D eigenvalue weighted by molar-refractivity contribution is 5.76. The lowest BCUT2D eigenvalue weighted by Gasteiger charge is -2.40. The molecule has 9 heteroatoms. The Labute approximate surface area is 458 Å². The van der Waals surface area contributed by atoms with E-state index in [1.807, 2.05) is 0 Å². The fourth-order valence-electron chi connectivity index (χ4n) is 8.84. The summed E-state index contributed by atoms with van der Waals surface area (Å²) in [5, 5.41) is 54.5. The van der Waals surface area contributed by atoms with Crippen LogP contribution >= 0.6 is 0 Å². The van der Waals surface area contributed by atoms with Gasteiger partial charge in [0.25, 0.3) is 0 Å². The molecule has 0 aromatic rings. The molecule has 1 fully saturated rings. The van der Waals surface area contributed by atoms with Gasteiger partial charge in [0.2, 0.25) is 5.91 Å². The van der Waals surface area contributed by atoms with Crippen LogP contribution in [0.15, 0.2) is 122 Å². The van der Waals surface area contributed by atoms with Gasteiger partial charge < -0.3 is 40.3 Å². The predicted molar refractivity (Wildman–Crippen MR) is 317 cm³/mol. The minimum Gasteiger partial charge on any atom is -0.394 e. The lowest BCUT2D eigenvalue weighted by molar-refractivity contribution is -0.302. The number of rotatable bonds is 50. The molecular weight excluding hydrogens is 935 g/mol. The molecule has 7 atom stereocenters. The van der Waals surface area contributed by atoms with Crippen LogP contribution in [0, 0.1) is 0 Å². The van der Waals surface area contributed by atoms with E-state index in [0.717, 1.165) is 109 Å². The van der Waals surface area contributed by atoms with Crippen molar-refractivity contribution in [1.29, 1.82) is 0 Å². The molecule has 1 aliphatic heterocycles. The standard InChI is InChI=1S/C66H111NO8/c1-3-5-7-9-11-13-15-16-17-18-19-20-21-22-23-24-25-26-27-28-29-30-31-32-33-34-35-36-37-38-39-40-41-42-43-44-46-48-50-52-54-56-62(70)67-59(58-74-66-65(73)64(72)63(71)61(57-68)75-66)60(69)55-53-51-49-47-45-14-12-10-8-6-4-2/h5,7,11,13,16-17,19-20,22-23,25-26,28-29,31-32,34-35,37-38,59-61,63-66,68-69,71-73H,3-4,6,8-10,12,14-15,18,21,24,27,30,33,36,39-58H2,1-2H3,(H,67,70)/b7-5-,13-11-,17-16-,20-19-,23-22-,26-25-,29-28-,32-31-,35-34-,38-37-. The average Bonchev–Trinajstić information content (AvgIpc) is 3.41. The van der Waals surface area contributed by atoms with Crippen molar-refractivity contribution in [2.24, 2.45) is 0 Å². The van der Waals surface area contributed by atoms with Crippen LogP contribution in [0.3, 0.4) is 0 Å². The summed E-state index contributed by atoms with van der Waals surface area (Å²) in [6.45, 7) is 3.70. The first-order valence-electron chi connectivity index (χ1n) is 30.2. The summed E-state index contributed by atoms with van der Waals surface area (Å²) in [4.78, 5) is 13.0. The topological polar surface area (TPSA) is 149 Å². The summed E-state index contributed by atoms with van der Waals surface area (Å²) < 4.78 is 11.3. The van der Waals surface area contributed by atoms with Crippen molar-refractivity contribution in [3.63, 3.8) is 0 Å². The summed E-state index contributed by atoms with van der Waals surface area (Å²) in [5.74, 6) is -0.155. The summed E-state index contributed by atoms with van der Waals surface area (Å²) >= 11 is 0. The van der Waals surface area contributed by atoms with E-state index in [-0.39, 0.29) is 12.5 Å². The fourth-order valence-corrected chi connectivity index (χ4v) is 8.84. The predicted octanol–water partition coefficient (Wildman–Crippen LogP) is 15.5. The van der Waals surface area contributed by atoms with E-state index in [1.54, 1.807) is 0 Å². The molecule has 1 aliphatic rings. The third-order valence-corrected chi connectivity index (χ3v) is 13.6. The summed E-state index contributed by atoms with van der Waals surface area (Å²) in [6, 6.07) is -0.727. The zero-order chi connectivity index (χ0) is 54.3. The first-order valence-corrected chi connectivity index (χ1v) is 30.2. The average molecular weight is 1050 g/mol. The van der Waals surface area contributed by atoms with Crippen LogP contribution in [0.1, 0.15) is 232 Å². The van der Waals surface area contributed by atoms with Gasteiger partial charge in [-0.25, -0.2) is 0 Å². The Morgan fingerprint density at radius 3 is 1.23 bits per heavy atom. The molecule has 0 aromatic heterocycles. The van der Waals surface area contributed by atoms with Crippen LogP contribution in [0.2, 0.25) is 0 Å². The number of carbonyl (C=O) groups is 1. The number of allylic oxidation sites excluding steroid dienone is 20. The third-order valence-electron chi connectivity index (χ3n) is 13.6. The molecule has 1 amide bonds. The van der Waals surface area contributed by atoms with Gasteiger partial charge in [0.15, 0.2) is 6.29 Å². The van der Waals surface area contributed by atoms with Crippen molar-refractivity contribution in [3.8, 4) is 0 Å². The second kappa shape index (κ2) is 54.0. The lowest BCUT2D eigenvalue weighted by Crippen LogP contribution is -2.60. The quantitative estimate of drug-likeness (QED) is 0.0261. The second-order valence-corrected chi connectivity index (χ2v) is 20.4. The van der Waals surface area contributed by atoms with Gasteiger partial charge in [-0.15, -0.1) is 0 Å². The summed E-state index contributed by atoms with van der Waals surface area (Å²) in [7, 11) is 0. The SMILES string of the molecule is CC/C=C\C/C=C\C/C=C\C/C=C\C/C=C\C/C=C\C/C=C\C/C=C\C/C=C\C/C=C\CCCCCCCCCCCCC(=O)NC(COC1OC(CO)C(O)C(O)C1O)C(O)CCCCCCCCCCCCC. The minimum absolute atomic E-state index is 0.145. The lowest BCUT2D eigenvalue weighted by atomic mass is 9.99. The molecule has 0 radical (unpaired) electrons. The zero-order valence-corrected chi connectivity index (χ0v) is 47.5.